The monoisotopic (exact) mass is 358 g/mol. The third-order valence-electron chi connectivity index (χ3n) is 5.52. The van der Waals surface area contributed by atoms with Crippen molar-refractivity contribution in [2.75, 3.05) is 19.6 Å². The van der Waals surface area contributed by atoms with Crippen LogP contribution in [0.4, 0.5) is 0 Å². The molecule has 6 heteroatoms. The van der Waals surface area contributed by atoms with E-state index in [-0.39, 0.29) is 17.7 Å². The molecular formula is C20H26N2O4. The SMILES string of the molecule is O=C(NCCCC(=O)N1CCC(C(=O)O)(c2ccccc2)CC1)C1CC1. The van der Waals surface area contributed by atoms with Gasteiger partial charge in [0.25, 0.3) is 0 Å². The van der Waals surface area contributed by atoms with Crippen LogP contribution in [0.2, 0.25) is 0 Å². The zero-order valence-corrected chi connectivity index (χ0v) is 14.9. The second kappa shape index (κ2) is 7.89. The number of piperidine rings is 1. The van der Waals surface area contributed by atoms with Gasteiger partial charge in [0.15, 0.2) is 0 Å². The number of nitrogens with zero attached hydrogens (tertiary/aromatic N) is 1. The van der Waals surface area contributed by atoms with E-state index in [1.54, 1.807) is 4.90 Å². The molecule has 1 aliphatic heterocycles. The van der Waals surface area contributed by atoms with Crippen molar-refractivity contribution >= 4 is 17.8 Å². The molecule has 1 aliphatic carbocycles. The number of aliphatic carboxylic acids is 1. The number of carboxylic acid groups (broad SMARTS) is 1. The van der Waals surface area contributed by atoms with Gasteiger partial charge in [0.2, 0.25) is 11.8 Å². The Kier molecular flexibility index (Phi) is 5.59. The molecule has 0 aromatic heterocycles. The number of carbonyl (C=O) groups excluding carboxylic acids is 2. The lowest BCUT2D eigenvalue weighted by Gasteiger charge is -2.39. The molecule has 0 unspecified atom stereocenters. The van der Waals surface area contributed by atoms with Gasteiger partial charge in [-0.3, -0.25) is 14.4 Å². The van der Waals surface area contributed by atoms with E-state index < -0.39 is 11.4 Å². The molecule has 1 saturated carbocycles. The average molecular weight is 358 g/mol. The van der Waals surface area contributed by atoms with Crippen molar-refractivity contribution in [3.63, 3.8) is 0 Å². The van der Waals surface area contributed by atoms with Crippen LogP contribution < -0.4 is 5.32 Å². The van der Waals surface area contributed by atoms with Crippen molar-refractivity contribution < 1.29 is 19.5 Å². The number of hydrogen-bond donors (Lipinski definition) is 2. The molecule has 140 valence electrons. The normalized spacial score (nSPS) is 19.0. The van der Waals surface area contributed by atoms with Crippen molar-refractivity contribution in [2.45, 2.75) is 43.9 Å². The minimum absolute atomic E-state index is 0.0396. The van der Waals surface area contributed by atoms with Crippen LogP contribution in [0, 0.1) is 5.92 Å². The van der Waals surface area contributed by atoms with Crippen LogP contribution in [0.3, 0.4) is 0 Å². The van der Waals surface area contributed by atoms with E-state index in [2.05, 4.69) is 5.32 Å². The molecule has 1 aromatic rings. The standard InChI is InChI=1S/C20H26N2O4/c23-17(7-4-12-21-18(24)15-8-9-15)22-13-10-20(11-14-22,19(25)26)16-5-2-1-3-6-16/h1-3,5-6,15H,4,7-14H2,(H,21,24)(H,25,26). The number of likely N-dealkylation sites (tertiary alicyclic amines) is 1. The van der Waals surface area contributed by atoms with Gasteiger partial charge in [-0.2, -0.15) is 0 Å². The number of nitrogens with one attached hydrogen (secondary N) is 1. The third kappa shape index (κ3) is 4.06. The van der Waals surface area contributed by atoms with E-state index in [1.165, 1.54) is 0 Å². The average Bonchev–Trinajstić information content (AvgIpc) is 3.51. The van der Waals surface area contributed by atoms with Crippen LogP contribution in [-0.2, 0) is 19.8 Å². The summed E-state index contributed by atoms with van der Waals surface area (Å²) in [6.07, 6.45) is 3.82. The maximum atomic E-state index is 12.4. The van der Waals surface area contributed by atoms with Crippen LogP contribution in [-0.4, -0.2) is 47.4 Å². The molecule has 2 N–H and O–H groups in total. The number of rotatable bonds is 7. The molecule has 2 aliphatic rings. The Balaban J connectivity index is 1.48. The predicted molar refractivity (Wildman–Crippen MR) is 96.5 cm³/mol. The zero-order chi connectivity index (χ0) is 18.6. The van der Waals surface area contributed by atoms with Gasteiger partial charge < -0.3 is 15.3 Å². The fourth-order valence-corrected chi connectivity index (χ4v) is 3.62. The number of hydrogen-bond acceptors (Lipinski definition) is 3. The van der Waals surface area contributed by atoms with Gasteiger partial charge in [-0.05, 0) is 37.7 Å². The fraction of sp³-hybridized carbons (Fsp3) is 0.550. The quantitative estimate of drug-likeness (QED) is 0.729. The highest BCUT2D eigenvalue weighted by molar-refractivity contribution is 5.83. The highest BCUT2D eigenvalue weighted by Gasteiger charge is 2.43. The second-order valence-electron chi connectivity index (χ2n) is 7.30. The van der Waals surface area contributed by atoms with Crippen LogP contribution in [0.5, 0.6) is 0 Å². The summed E-state index contributed by atoms with van der Waals surface area (Å²) in [5.74, 6) is -0.490. The molecule has 2 fully saturated rings. The summed E-state index contributed by atoms with van der Waals surface area (Å²) >= 11 is 0. The second-order valence-corrected chi connectivity index (χ2v) is 7.30. The van der Waals surface area contributed by atoms with Gasteiger partial charge in [-0.15, -0.1) is 0 Å². The van der Waals surface area contributed by atoms with E-state index in [0.29, 0.717) is 45.3 Å². The molecule has 26 heavy (non-hydrogen) atoms. The fourth-order valence-electron chi connectivity index (χ4n) is 3.62. The predicted octanol–water partition coefficient (Wildman–Crippen LogP) is 1.94. The first-order chi connectivity index (χ1) is 12.5. The Morgan fingerprint density at radius 2 is 1.77 bits per heavy atom. The van der Waals surface area contributed by atoms with Crippen LogP contribution >= 0.6 is 0 Å². The summed E-state index contributed by atoms with van der Waals surface area (Å²) in [6.45, 7) is 1.43. The summed E-state index contributed by atoms with van der Waals surface area (Å²) in [6, 6.07) is 9.29. The summed E-state index contributed by atoms with van der Waals surface area (Å²) in [5.41, 5.74) is -0.0987. The van der Waals surface area contributed by atoms with E-state index in [9.17, 15) is 19.5 Å². The van der Waals surface area contributed by atoms with Crippen molar-refractivity contribution in [3.8, 4) is 0 Å². The van der Waals surface area contributed by atoms with Gasteiger partial charge >= 0.3 is 5.97 Å². The molecule has 2 amide bonds. The maximum Gasteiger partial charge on any atom is 0.314 e. The molecule has 1 aromatic carbocycles. The van der Waals surface area contributed by atoms with E-state index in [1.807, 2.05) is 30.3 Å². The molecule has 1 heterocycles. The van der Waals surface area contributed by atoms with Crippen LogP contribution in [0.15, 0.2) is 30.3 Å². The highest BCUT2D eigenvalue weighted by Crippen LogP contribution is 2.36. The van der Waals surface area contributed by atoms with E-state index in [0.717, 1.165) is 18.4 Å². The molecule has 0 bridgehead atoms. The lowest BCUT2D eigenvalue weighted by molar-refractivity contribution is -0.148. The van der Waals surface area contributed by atoms with Gasteiger partial charge in [-0.25, -0.2) is 0 Å². The summed E-state index contributed by atoms with van der Waals surface area (Å²) < 4.78 is 0. The van der Waals surface area contributed by atoms with Crippen molar-refractivity contribution in [1.82, 2.24) is 10.2 Å². The van der Waals surface area contributed by atoms with Gasteiger partial charge in [-0.1, -0.05) is 30.3 Å². The first kappa shape index (κ1) is 18.4. The van der Waals surface area contributed by atoms with Crippen molar-refractivity contribution in [1.29, 1.82) is 0 Å². The lowest BCUT2D eigenvalue weighted by atomic mass is 9.73. The number of carbonyl (C=O) groups is 3. The Labute approximate surface area is 153 Å². The Morgan fingerprint density at radius 1 is 1.12 bits per heavy atom. The highest BCUT2D eigenvalue weighted by atomic mass is 16.4. The summed E-state index contributed by atoms with van der Waals surface area (Å²) in [5, 5.41) is 12.7. The Hall–Kier alpha value is -2.37. The molecule has 0 spiro atoms. The van der Waals surface area contributed by atoms with Gasteiger partial charge in [0.1, 0.15) is 0 Å². The molecule has 3 rings (SSSR count). The van der Waals surface area contributed by atoms with Crippen LogP contribution in [0.25, 0.3) is 0 Å². The first-order valence-electron chi connectivity index (χ1n) is 9.37. The van der Waals surface area contributed by atoms with Crippen molar-refractivity contribution in [3.05, 3.63) is 35.9 Å². The largest absolute Gasteiger partial charge is 0.481 e. The summed E-state index contributed by atoms with van der Waals surface area (Å²) in [7, 11) is 0. The zero-order valence-electron chi connectivity index (χ0n) is 14.9. The maximum absolute atomic E-state index is 12.4. The molecule has 6 nitrogen and oxygen atoms in total. The lowest BCUT2D eigenvalue weighted by Crippen LogP contribution is -2.49. The van der Waals surface area contributed by atoms with E-state index in [4.69, 9.17) is 0 Å². The molecule has 0 atom stereocenters. The van der Waals surface area contributed by atoms with Gasteiger partial charge in [0, 0.05) is 32.0 Å². The number of benzene rings is 1. The molecule has 1 saturated heterocycles. The first-order valence-corrected chi connectivity index (χ1v) is 9.37. The Bertz CT molecular complexity index is 662. The molecular weight excluding hydrogens is 332 g/mol. The van der Waals surface area contributed by atoms with Crippen LogP contribution in [0.1, 0.15) is 44.1 Å². The minimum atomic E-state index is -0.906. The smallest absolute Gasteiger partial charge is 0.314 e. The summed E-state index contributed by atoms with van der Waals surface area (Å²) in [4.78, 5) is 37.6. The minimum Gasteiger partial charge on any atom is -0.481 e. The topological polar surface area (TPSA) is 86.7 Å². The number of carboxylic acids is 1. The van der Waals surface area contributed by atoms with E-state index >= 15 is 0 Å². The van der Waals surface area contributed by atoms with Crippen molar-refractivity contribution in [2.24, 2.45) is 5.92 Å². The molecule has 0 radical (unpaired) electrons. The number of amides is 2. The third-order valence-corrected chi connectivity index (χ3v) is 5.52. The van der Waals surface area contributed by atoms with Gasteiger partial charge in [0.05, 0.1) is 5.41 Å². The Morgan fingerprint density at radius 3 is 2.35 bits per heavy atom.